The van der Waals surface area contributed by atoms with Crippen molar-refractivity contribution in [3.63, 3.8) is 0 Å². The molecule has 1 atom stereocenters. The number of carbonyl (C=O) groups is 2. The van der Waals surface area contributed by atoms with Crippen molar-refractivity contribution >= 4 is 28.8 Å². The molecule has 0 fully saturated rings. The lowest BCUT2D eigenvalue weighted by molar-refractivity contribution is -0.138. The predicted octanol–water partition coefficient (Wildman–Crippen LogP) is -0.582. The third-order valence-corrected chi connectivity index (χ3v) is 2.10. The zero-order valence-electron chi connectivity index (χ0n) is 5.48. The van der Waals surface area contributed by atoms with Gasteiger partial charge < -0.3 is 10.8 Å². The SMILES string of the molecule is NC1=NC(=O)C(CC(=O)O)S1. The number of amidine groups is 1. The van der Waals surface area contributed by atoms with E-state index >= 15 is 0 Å². The van der Waals surface area contributed by atoms with Crippen molar-refractivity contribution in [2.75, 3.05) is 0 Å². The minimum absolute atomic E-state index is 0.154. The lowest BCUT2D eigenvalue weighted by Crippen LogP contribution is -2.15. The molecule has 3 N–H and O–H groups in total. The maximum absolute atomic E-state index is 10.8. The number of amides is 1. The Hall–Kier alpha value is -1.04. The molecule has 0 radical (unpaired) electrons. The predicted molar refractivity (Wildman–Crippen MR) is 40.3 cm³/mol. The quantitative estimate of drug-likeness (QED) is 0.584. The number of carbonyl (C=O) groups excluding carboxylic acids is 1. The summed E-state index contributed by atoms with van der Waals surface area (Å²) in [4.78, 5) is 24.3. The zero-order valence-corrected chi connectivity index (χ0v) is 6.30. The number of nitrogens with zero attached hydrogens (tertiary/aromatic N) is 1. The number of carboxylic acid groups (broad SMARTS) is 1. The number of hydrogen-bond donors (Lipinski definition) is 2. The van der Waals surface area contributed by atoms with Crippen LogP contribution < -0.4 is 5.73 Å². The van der Waals surface area contributed by atoms with E-state index in [0.717, 1.165) is 11.8 Å². The first kappa shape index (κ1) is 8.06. The van der Waals surface area contributed by atoms with Crippen molar-refractivity contribution in [3.05, 3.63) is 0 Å². The van der Waals surface area contributed by atoms with E-state index in [1.807, 2.05) is 0 Å². The zero-order chi connectivity index (χ0) is 8.43. The van der Waals surface area contributed by atoms with Crippen LogP contribution in [0.15, 0.2) is 4.99 Å². The molecule has 11 heavy (non-hydrogen) atoms. The fourth-order valence-electron chi connectivity index (χ4n) is 0.691. The summed E-state index contributed by atoms with van der Waals surface area (Å²) in [5.41, 5.74) is 5.19. The van der Waals surface area contributed by atoms with Crippen LogP contribution >= 0.6 is 11.8 Å². The highest BCUT2D eigenvalue weighted by Crippen LogP contribution is 2.22. The van der Waals surface area contributed by atoms with Crippen LogP contribution in [0.2, 0.25) is 0 Å². The van der Waals surface area contributed by atoms with Gasteiger partial charge in [0.1, 0.15) is 5.25 Å². The first-order chi connectivity index (χ1) is 5.09. The molecule has 1 aliphatic heterocycles. The minimum atomic E-state index is -1.01. The van der Waals surface area contributed by atoms with Gasteiger partial charge in [0.05, 0.1) is 6.42 Å². The van der Waals surface area contributed by atoms with E-state index in [9.17, 15) is 9.59 Å². The summed E-state index contributed by atoms with van der Waals surface area (Å²) < 4.78 is 0. The molecule has 5 nitrogen and oxygen atoms in total. The number of thioether (sulfide) groups is 1. The molecular weight excluding hydrogens is 168 g/mol. The highest BCUT2D eigenvalue weighted by Gasteiger charge is 2.28. The molecule has 0 aromatic heterocycles. The molecule has 1 amide bonds. The third kappa shape index (κ3) is 1.94. The molecule has 0 aromatic rings. The van der Waals surface area contributed by atoms with Gasteiger partial charge in [0, 0.05) is 0 Å². The molecule has 0 spiro atoms. The fraction of sp³-hybridized carbons (Fsp3) is 0.400. The minimum Gasteiger partial charge on any atom is -0.481 e. The van der Waals surface area contributed by atoms with Crippen molar-refractivity contribution in [1.29, 1.82) is 0 Å². The summed E-state index contributed by atoms with van der Waals surface area (Å²) in [6, 6.07) is 0. The van der Waals surface area contributed by atoms with E-state index in [0.29, 0.717) is 0 Å². The van der Waals surface area contributed by atoms with E-state index in [4.69, 9.17) is 10.8 Å². The molecule has 0 bridgehead atoms. The standard InChI is InChI=1S/C5H6N2O3S/c6-5-7-4(10)2(11-5)1-3(8)9/h2H,1H2,(H,8,9)(H2,6,7,10). The van der Waals surface area contributed by atoms with Gasteiger partial charge in [-0.3, -0.25) is 9.59 Å². The van der Waals surface area contributed by atoms with E-state index < -0.39 is 17.1 Å². The Morgan fingerprint density at radius 3 is 2.82 bits per heavy atom. The van der Waals surface area contributed by atoms with Gasteiger partial charge in [-0.1, -0.05) is 11.8 Å². The maximum atomic E-state index is 10.8. The number of aliphatic imine (C=N–C) groups is 1. The highest BCUT2D eigenvalue weighted by atomic mass is 32.2. The monoisotopic (exact) mass is 174 g/mol. The summed E-state index contributed by atoms with van der Waals surface area (Å²) in [7, 11) is 0. The Morgan fingerprint density at radius 1 is 1.82 bits per heavy atom. The van der Waals surface area contributed by atoms with Crippen LogP contribution in [0.1, 0.15) is 6.42 Å². The Labute approximate surface area is 66.7 Å². The molecular formula is C5H6N2O3S. The summed E-state index contributed by atoms with van der Waals surface area (Å²) in [5, 5.41) is 7.86. The molecule has 6 heteroatoms. The lowest BCUT2D eigenvalue weighted by atomic mass is 10.3. The van der Waals surface area contributed by atoms with E-state index in [-0.39, 0.29) is 11.6 Å². The molecule has 0 aromatic carbocycles. The average Bonchev–Trinajstić information content (AvgIpc) is 2.09. The summed E-state index contributed by atoms with van der Waals surface area (Å²) in [6.07, 6.45) is -0.215. The van der Waals surface area contributed by atoms with Gasteiger partial charge in [0.2, 0.25) is 0 Å². The molecule has 0 aliphatic carbocycles. The van der Waals surface area contributed by atoms with Crippen molar-refractivity contribution in [2.45, 2.75) is 11.7 Å². The van der Waals surface area contributed by atoms with Gasteiger partial charge in [0.25, 0.3) is 5.91 Å². The van der Waals surface area contributed by atoms with Crippen LogP contribution in [0.5, 0.6) is 0 Å². The normalized spacial score (nSPS) is 23.5. The summed E-state index contributed by atoms with van der Waals surface area (Å²) >= 11 is 0.999. The molecule has 1 unspecified atom stereocenters. The molecule has 1 rings (SSSR count). The largest absolute Gasteiger partial charge is 0.481 e. The maximum Gasteiger partial charge on any atom is 0.305 e. The van der Waals surface area contributed by atoms with Gasteiger partial charge in [-0.2, -0.15) is 4.99 Å². The number of nitrogens with two attached hydrogens (primary N) is 1. The first-order valence-electron chi connectivity index (χ1n) is 2.86. The number of hydrogen-bond acceptors (Lipinski definition) is 4. The second-order valence-corrected chi connectivity index (χ2v) is 3.22. The van der Waals surface area contributed by atoms with Crippen LogP contribution in [0.4, 0.5) is 0 Å². The molecule has 1 aliphatic rings. The average molecular weight is 174 g/mol. The van der Waals surface area contributed by atoms with Crippen LogP contribution in [-0.2, 0) is 9.59 Å². The highest BCUT2D eigenvalue weighted by molar-refractivity contribution is 8.15. The van der Waals surface area contributed by atoms with Crippen molar-refractivity contribution in [2.24, 2.45) is 10.7 Å². The Kier molecular flexibility index (Phi) is 2.13. The first-order valence-corrected chi connectivity index (χ1v) is 3.74. The van der Waals surface area contributed by atoms with E-state index in [1.165, 1.54) is 0 Å². The van der Waals surface area contributed by atoms with E-state index in [1.54, 1.807) is 0 Å². The van der Waals surface area contributed by atoms with Crippen molar-refractivity contribution in [3.8, 4) is 0 Å². The lowest BCUT2D eigenvalue weighted by Gasteiger charge is -1.99. The number of aliphatic carboxylic acids is 1. The molecule has 1 heterocycles. The Morgan fingerprint density at radius 2 is 2.45 bits per heavy atom. The Bertz CT molecular complexity index is 238. The second kappa shape index (κ2) is 2.91. The van der Waals surface area contributed by atoms with Gasteiger partial charge in [-0.15, -0.1) is 0 Å². The van der Waals surface area contributed by atoms with Gasteiger partial charge in [-0.25, -0.2) is 0 Å². The molecule has 0 saturated carbocycles. The van der Waals surface area contributed by atoms with E-state index in [2.05, 4.69) is 4.99 Å². The van der Waals surface area contributed by atoms with Crippen LogP contribution in [-0.4, -0.2) is 27.4 Å². The smallest absolute Gasteiger partial charge is 0.305 e. The van der Waals surface area contributed by atoms with Crippen LogP contribution in [0.25, 0.3) is 0 Å². The fourth-order valence-corrected chi connectivity index (χ4v) is 1.50. The van der Waals surface area contributed by atoms with Gasteiger partial charge in [0.15, 0.2) is 5.17 Å². The van der Waals surface area contributed by atoms with Gasteiger partial charge in [-0.05, 0) is 0 Å². The topological polar surface area (TPSA) is 92.8 Å². The molecule has 0 saturated heterocycles. The number of rotatable bonds is 2. The second-order valence-electron chi connectivity index (χ2n) is 1.99. The van der Waals surface area contributed by atoms with Crippen molar-refractivity contribution in [1.82, 2.24) is 0 Å². The van der Waals surface area contributed by atoms with Crippen LogP contribution in [0.3, 0.4) is 0 Å². The van der Waals surface area contributed by atoms with Crippen LogP contribution in [0, 0.1) is 0 Å². The number of carboxylic acids is 1. The van der Waals surface area contributed by atoms with Gasteiger partial charge >= 0.3 is 5.97 Å². The Balaban J connectivity index is 2.53. The summed E-state index contributed by atoms with van der Waals surface area (Å²) in [6.45, 7) is 0. The van der Waals surface area contributed by atoms with Crippen molar-refractivity contribution < 1.29 is 14.7 Å². The summed E-state index contributed by atoms with van der Waals surface area (Å²) in [5.74, 6) is -1.46. The molecule has 60 valence electrons. The third-order valence-electron chi connectivity index (χ3n) is 1.12.